The molecule has 0 atom stereocenters. The number of nitrogens with one attached hydrogen (secondary N) is 1. The van der Waals surface area contributed by atoms with Gasteiger partial charge >= 0.3 is 0 Å². The van der Waals surface area contributed by atoms with E-state index in [9.17, 15) is 0 Å². The molecule has 0 radical (unpaired) electrons. The van der Waals surface area contributed by atoms with Crippen molar-refractivity contribution in [2.24, 2.45) is 0 Å². The number of nitrogens with zero attached hydrogens (tertiary/aromatic N) is 3. The van der Waals surface area contributed by atoms with E-state index >= 15 is 0 Å². The Labute approximate surface area is 119 Å². The van der Waals surface area contributed by atoms with Gasteiger partial charge in [0.15, 0.2) is 5.57 Å². The second-order valence-corrected chi connectivity index (χ2v) is 4.20. The average Bonchev–Trinajstić information content (AvgIpc) is 2.41. The molecule has 0 aliphatic rings. The lowest BCUT2D eigenvalue weighted by molar-refractivity contribution is 0.341. The topological polar surface area (TPSA) is 92.6 Å². The molecular weight excluding hydrogens is 308 g/mol. The van der Waals surface area contributed by atoms with Gasteiger partial charge in [-0.05, 0) is 25.1 Å². The van der Waals surface area contributed by atoms with E-state index in [1.54, 1.807) is 36.4 Å². The van der Waals surface area contributed by atoms with E-state index in [2.05, 4.69) is 21.2 Å². The summed E-state index contributed by atoms with van der Waals surface area (Å²) in [5.74, 6) is 0.528. The van der Waals surface area contributed by atoms with Crippen LogP contribution in [0.2, 0.25) is 0 Å². The Balaban J connectivity index is 3.20. The summed E-state index contributed by atoms with van der Waals surface area (Å²) in [6.45, 7) is 2.29. The van der Waals surface area contributed by atoms with Crippen LogP contribution in [0, 0.1) is 34.0 Å². The Kier molecular flexibility index (Phi) is 5.41. The van der Waals surface area contributed by atoms with E-state index < -0.39 is 0 Å². The summed E-state index contributed by atoms with van der Waals surface area (Å²) < 4.78 is 6.24. The van der Waals surface area contributed by atoms with Crippen molar-refractivity contribution >= 4 is 21.6 Å². The molecule has 0 heterocycles. The van der Waals surface area contributed by atoms with Crippen molar-refractivity contribution in [3.05, 3.63) is 33.9 Å². The third-order valence-corrected chi connectivity index (χ3v) is 2.58. The summed E-state index contributed by atoms with van der Waals surface area (Å²) >= 11 is 3.32. The number of nitriles is 3. The molecule has 0 saturated heterocycles. The SMILES string of the molecule is CCOc1cc(Br)ccc1NC(C#N)=C(C#N)C#N. The van der Waals surface area contributed by atoms with Gasteiger partial charge in [0.25, 0.3) is 0 Å². The van der Waals surface area contributed by atoms with Crippen LogP contribution in [0.4, 0.5) is 5.69 Å². The summed E-state index contributed by atoms with van der Waals surface area (Å²) in [5, 5.41) is 29.2. The predicted molar refractivity (Wildman–Crippen MR) is 72.8 cm³/mol. The van der Waals surface area contributed by atoms with Crippen molar-refractivity contribution in [1.82, 2.24) is 0 Å². The number of benzene rings is 1. The van der Waals surface area contributed by atoms with Crippen LogP contribution in [0.15, 0.2) is 33.9 Å². The second kappa shape index (κ2) is 7.06. The summed E-state index contributed by atoms with van der Waals surface area (Å²) in [4.78, 5) is 0. The van der Waals surface area contributed by atoms with Crippen molar-refractivity contribution in [2.45, 2.75) is 6.92 Å². The average molecular weight is 317 g/mol. The van der Waals surface area contributed by atoms with E-state index in [0.29, 0.717) is 18.0 Å². The first-order chi connectivity index (χ1) is 9.15. The molecule has 6 heteroatoms. The predicted octanol–water partition coefficient (Wildman–Crippen LogP) is 3.08. The van der Waals surface area contributed by atoms with Crippen molar-refractivity contribution in [3.8, 4) is 24.0 Å². The minimum Gasteiger partial charge on any atom is -0.492 e. The number of allylic oxidation sites excluding steroid dienone is 2. The first-order valence-electron chi connectivity index (χ1n) is 5.30. The number of anilines is 1. The third-order valence-electron chi connectivity index (χ3n) is 2.09. The van der Waals surface area contributed by atoms with Gasteiger partial charge in [-0.25, -0.2) is 0 Å². The molecule has 0 fully saturated rings. The van der Waals surface area contributed by atoms with Crippen LogP contribution in [-0.2, 0) is 0 Å². The summed E-state index contributed by atoms with van der Waals surface area (Å²) in [7, 11) is 0. The van der Waals surface area contributed by atoms with Crippen molar-refractivity contribution in [3.63, 3.8) is 0 Å². The van der Waals surface area contributed by atoms with Crippen LogP contribution < -0.4 is 10.1 Å². The highest BCUT2D eigenvalue weighted by atomic mass is 79.9. The van der Waals surface area contributed by atoms with Gasteiger partial charge in [-0.2, -0.15) is 15.8 Å². The number of halogens is 1. The van der Waals surface area contributed by atoms with Gasteiger partial charge in [0, 0.05) is 4.47 Å². The Morgan fingerprint density at radius 1 is 1.26 bits per heavy atom. The zero-order valence-corrected chi connectivity index (χ0v) is 11.7. The Bertz CT molecular complexity index is 616. The first kappa shape index (κ1) is 14.6. The molecule has 1 rings (SSSR count). The maximum absolute atomic E-state index is 8.97. The fourth-order valence-corrected chi connectivity index (χ4v) is 1.63. The van der Waals surface area contributed by atoms with Crippen LogP contribution in [0.25, 0.3) is 0 Å². The smallest absolute Gasteiger partial charge is 0.163 e. The molecule has 0 aromatic heterocycles. The molecule has 94 valence electrons. The molecule has 0 aliphatic heterocycles. The van der Waals surface area contributed by atoms with Crippen molar-refractivity contribution < 1.29 is 4.74 Å². The van der Waals surface area contributed by atoms with Crippen molar-refractivity contribution in [2.75, 3.05) is 11.9 Å². The molecule has 1 aromatic carbocycles. The summed E-state index contributed by atoms with van der Waals surface area (Å²) in [5.41, 5.74) is 0.144. The van der Waals surface area contributed by atoms with Gasteiger partial charge in [0.05, 0.1) is 12.3 Å². The normalized spacial score (nSPS) is 8.58. The van der Waals surface area contributed by atoms with Crippen LogP contribution in [-0.4, -0.2) is 6.61 Å². The van der Waals surface area contributed by atoms with E-state index in [4.69, 9.17) is 20.5 Å². The molecule has 0 bridgehead atoms. The number of rotatable bonds is 4. The van der Waals surface area contributed by atoms with Gasteiger partial charge in [0.2, 0.25) is 0 Å². The van der Waals surface area contributed by atoms with Crippen molar-refractivity contribution in [1.29, 1.82) is 15.8 Å². The molecule has 0 amide bonds. The highest BCUT2D eigenvalue weighted by molar-refractivity contribution is 9.10. The third kappa shape index (κ3) is 3.74. The molecule has 0 aliphatic carbocycles. The van der Waals surface area contributed by atoms with Crippen LogP contribution >= 0.6 is 15.9 Å². The standard InChI is InChI=1S/C13H9BrN4O/c1-2-19-13-5-10(14)3-4-11(13)18-12(8-17)9(6-15)7-16/h3-5,18H,2H2,1H3. The minimum absolute atomic E-state index is 0.103. The van der Waals surface area contributed by atoms with E-state index in [1.807, 2.05) is 6.92 Å². The fraction of sp³-hybridized carbons (Fsp3) is 0.154. The molecule has 1 N–H and O–H groups in total. The summed E-state index contributed by atoms with van der Waals surface area (Å²) in [6.07, 6.45) is 0. The lowest BCUT2D eigenvalue weighted by Crippen LogP contribution is -2.03. The fourth-order valence-electron chi connectivity index (χ4n) is 1.29. The van der Waals surface area contributed by atoms with E-state index in [0.717, 1.165) is 4.47 Å². The second-order valence-electron chi connectivity index (χ2n) is 3.28. The maximum Gasteiger partial charge on any atom is 0.163 e. The van der Waals surface area contributed by atoms with E-state index in [-0.39, 0.29) is 11.3 Å². The first-order valence-corrected chi connectivity index (χ1v) is 6.09. The lowest BCUT2D eigenvalue weighted by Gasteiger charge is -2.11. The highest BCUT2D eigenvalue weighted by Crippen LogP contribution is 2.29. The van der Waals surface area contributed by atoms with Gasteiger partial charge in [-0.3, -0.25) is 0 Å². The zero-order chi connectivity index (χ0) is 14.3. The molecule has 0 unspecified atom stereocenters. The van der Waals surface area contributed by atoms with Gasteiger partial charge in [-0.1, -0.05) is 15.9 Å². The van der Waals surface area contributed by atoms with Crippen LogP contribution in [0.5, 0.6) is 5.75 Å². The van der Waals surface area contributed by atoms with Gasteiger partial charge < -0.3 is 10.1 Å². The Morgan fingerprint density at radius 2 is 1.95 bits per heavy atom. The number of hydrogen-bond acceptors (Lipinski definition) is 5. The molecule has 0 saturated carbocycles. The van der Waals surface area contributed by atoms with Crippen LogP contribution in [0.3, 0.4) is 0 Å². The molecular formula is C13H9BrN4O. The summed E-state index contributed by atoms with van der Waals surface area (Å²) in [6, 6.07) is 10.3. The largest absolute Gasteiger partial charge is 0.492 e. The van der Waals surface area contributed by atoms with E-state index in [1.165, 1.54) is 0 Å². The lowest BCUT2D eigenvalue weighted by atomic mass is 10.2. The molecule has 5 nitrogen and oxygen atoms in total. The van der Waals surface area contributed by atoms with Crippen LogP contribution in [0.1, 0.15) is 6.92 Å². The number of hydrogen-bond donors (Lipinski definition) is 1. The highest BCUT2D eigenvalue weighted by Gasteiger charge is 2.10. The Hall–Kier alpha value is -2.49. The minimum atomic E-state index is -0.270. The quantitative estimate of drug-likeness (QED) is 0.861. The number of ether oxygens (including phenoxy) is 1. The van der Waals surface area contributed by atoms with Gasteiger partial charge in [-0.15, -0.1) is 0 Å². The Morgan fingerprint density at radius 3 is 2.47 bits per heavy atom. The molecule has 0 spiro atoms. The zero-order valence-electron chi connectivity index (χ0n) is 10.1. The van der Waals surface area contributed by atoms with Gasteiger partial charge in [0.1, 0.15) is 29.7 Å². The maximum atomic E-state index is 8.97. The molecule has 1 aromatic rings. The molecule has 19 heavy (non-hydrogen) atoms. The monoisotopic (exact) mass is 316 g/mol.